The molecule has 0 fully saturated rings. The molecule has 0 aliphatic heterocycles. The third-order valence-corrected chi connectivity index (χ3v) is 4.03. The first-order chi connectivity index (χ1) is 13.0. The van der Waals surface area contributed by atoms with Crippen LogP contribution in [0.4, 0.5) is 5.69 Å². The van der Waals surface area contributed by atoms with Crippen molar-refractivity contribution in [1.29, 1.82) is 0 Å². The predicted molar refractivity (Wildman–Crippen MR) is 105 cm³/mol. The van der Waals surface area contributed by atoms with E-state index >= 15 is 0 Å². The van der Waals surface area contributed by atoms with Crippen LogP contribution in [-0.4, -0.2) is 27.9 Å². The summed E-state index contributed by atoms with van der Waals surface area (Å²) in [6.07, 6.45) is 5.35. The first-order valence-electron chi connectivity index (χ1n) is 8.70. The molecule has 6 nitrogen and oxygen atoms in total. The van der Waals surface area contributed by atoms with Crippen LogP contribution in [0.25, 0.3) is 0 Å². The average Bonchev–Trinajstić information content (AvgIpc) is 3.12. The lowest BCUT2D eigenvalue weighted by molar-refractivity contribution is -0.115. The molecule has 2 amide bonds. The molecule has 0 atom stereocenters. The number of rotatable bonds is 6. The van der Waals surface area contributed by atoms with Crippen LogP contribution in [0.3, 0.4) is 0 Å². The fourth-order valence-corrected chi connectivity index (χ4v) is 2.91. The van der Waals surface area contributed by atoms with Crippen molar-refractivity contribution in [3.8, 4) is 0 Å². The van der Waals surface area contributed by atoms with Gasteiger partial charge in [0.2, 0.25) is 5.91 Å². The highest BCUT2D eigenvalue weighted by Gasteiger charge is 2.09. The van der Waals surface area contributed by atoms with Crippen LogP contribution >= 0.6 is 0 Å². The van der Waals surface area contributed by atoms with Crippen LogP contribution < -0.4 is 10.6 Å². The molecule has 138 valence electrons. The molecule has 27 heavy (non-hydrogen) atoms. The zero-order valence-corrected chi connectivity index (χ0v) is 15.4. The van der Waals surface area contributed by atoms with Crippen molar-refractivity contribution < 1.29 is 9.59 Å². The number of benzene rings is 2. The van der Waals surface area contributed by atoms with Gasteiger partial charge in [-0.05, 0) is 43.7 Å². The molecule has 0 saturated carbocycles. The van der Waals surface area contributed by atoms with Gasteiger partial charge in [-0.15, -0.1) is 0 Å². The number of nitrogens with zero attached hydrogens (tertiary/aromatic N) is 2. The molecule has 0 spiro atoms. The van der Waals surface area contributed by atoms with Crippen molar-refractivity contribution in [2.75, 3.05) is 11.9 Å². The Balaban J connectivity index is 1.55. The second-order valence-electron chi connectivity index (χ2n) is 6.54. The van der Waals surface area contributed by atoms with Gasteiger partial charge in [-0.25, -0.2) is 4.98 Å². The number of carbonyl (C=O) groups excluding carboxylic acids is 2. The van der Waals surface area contributed by atoms with Gasteiger partial charge < -0.3 is 15.2 Å². The Hall–Kier alpha value is -3.41. The minimum absolute atomic E-state index is 0.0857. The highest BCUT2D eigenvalue weighted by atomic mass is 16.2. The van der Waals surface area contributed by atoms with Gasteiger partial charge in [-0.2, -0.15) is 0 Å². The zero-order valence-electron chi connectivity index (χ0n) is 15.4. The van der Waals surface area contributed by atoms with Gasteiger partial charge >= 0.3 is 0 Å². The van der Waals surface area contributed by atoms with Gasteiger partial charge in [-0.1, -0.05) is 29.3 Å². The summed E-state index contributed by atoms with van der Waals surface area (Å²) in [5.41, 5.74) is 4.32. The Labute approximate surface area is 158 Å². The molecule has 0 aliphatic carbocycles. The molecule has 0 saturated heterocycles. The van der Waals surface area contributed by atoms with Crippen LogP contribution in [-0.2, 0) is 11.3 Å². The lowest BCUT2D eigenvalue weighted by atomic mass is 10.1. The molecule has 2 aromatic carbocycles. The predicted octanol–water partition coefficient (Wildman–Crippen LogP) is 2.92. The SMILES string of the molecule is Cc1cc(C)cc(C(=O)NCC(=O)Nc2cccc(Cn3ccnc3)c2)c1. The smallest absolute Gasteiger partial charge is 0.251 e. The van der Waals surface area contributed by atoms with Crippen molar-refractivity contribution in [1.82, 2.24) is 14.9 Å². The summed E-state index contributed by atoms with van der Waals surface area (Å²) in [7, 11) is 0. The van der Waals surface area contributed by atoms with E-state index in [1.807, 2.05) is 54.9 Å². The lowest BCUT2D eigenvalue weighted by Gasteiger charge is -2.10. The Morgan fingerprint density at radius 3 is 2.56 bits per heavy atom. The Morgan fingerprint density at radius 2 is 1.85 bits per heavy atom. The molecule has 0 aliphatic rings. The van der Waals surface area contributed by atoms with Crippen LogP contribution in [0.1, 0.15) is 27.0 Å². The summed E-state index contributed by atoms with van der Waals surface area (Å²) in [5.74, 6) is -0.529. The van der Waals surface area contributed by atoms with Crippen LogP contribution in [0.2, 0.25) is 0 Å². The molecular weight excluding hydrogens is 340 g/mol. The standard InChI is InChI=1S/C21H22N4O2/c1-15-8-16(2)10-18(9-15)21(27)23-12-20(26)24-19-5-3-4-17(11-19)13-25-7-6-22-14-25/h3-11,14H,12-13H2,1-2H3,(H,23,27)(H,24,26). The summed E-state index contributed by atoms with van der Waals surface area (Å²) in [6.45, 7) is 4.46. The van der Waals surface area contributed by atoms with E-state index in [0.717, 1.165) is 16.7 Å². The Bertz CT molecular complexity index is 928. The average molecular weight is 362 g/mol. The molecule has 0 bridgehead atoms. The fraction of sp³-hybridized carbons (Fsp3) is 0.190. The van der Waals surface area contributed by atoms with Crippen molar-refractivity contribution in [3.63, 3.8) is 0 Å². The summed E-state index contributed by atoms with van der Waals surface area (Å²) in [4.78, 5) is 28.4. The van der Waals surface area contributed by atoms with Crippen LogP contribution in [0, 0.1) is 13.8 Å². The third kappa shape index (κ3) is 5.28. The number of carbonyl (C=O) groups is 2. The molecular formula is C21H22N4O2. The summed E-state index contributed by atoms with van der Waals surface area (Å²) >= 11 is 0. The van der Waals surface area contributed by atoms with E-state index in [9.17, 15) is 9.59 Å². The normalized spacial score (nSPS) is 10.4. The molecule has 0 unspecified atom stereocenters. The highest BCUT2D eigenvalue weighted by Crippen LogP contribution is 2.12. The largest absolute Gasteiger partial charge is 0.343 e. The van der Waals surface area contributed by atoms with Crippen molar-refractivity contribution >= 4 is 17.5 Å². The number of imidazole rings is 1. The van der Waals surface area contributed by atoms with Gasteiger partial charge in [0.15, 0.2) is 0 Å². The Kier molecular flexibility index (Phi) is 5.66. The second-order valence-corrected chi connectivity index (χ2v) is 6.54. The van der Waals surface area contributed by atoms with E-state index in [0.29, 0.717) is 17.8 Å². The molecule has 3 rings (SSSR count). The quantitative estimate of drug-likeness (QED) is 0.708. The number of amides is 2. The van der Waals surface area contributed by atoms with Gasteiger partial charge in [0.1, 0.15) is 0 Å². The zero-order chi connectivity index (χ0) is 19.2. The van der Waals surface area contributed by atoms with E-state index in [-0.39, 0.29) is 18.4 Å². The minimum Gasteiger partial charge on any atom is -0.343 e. The highest BCUT2D eigenvalue weighted by molar-refractivity contribution is 5.99. The van der Waals surface area contributed by atoms with Crippen molar-refractivity contribution in [2.24, 2.45) is 0 Å². The first-order valence-corrected chi connectivity index (χ1v) is 8.70. The maximum absolute atomic E-state index is 12.2. The van der Waals surface area contributed by atoms with Gasteiger partial charge in [-0.3, -0.25) is 9.59 Å². The minimum atomic E-state index is -0.271. The number of aromatic nitrogens is 2. The summed E-state index contributed by atoms with van der Waals surface area (Å²) in [5, 5.41) is 5.47. The van der Waals surface area contributed by atoms with Gasteiger partial charge in [0.25, 0.3) is 5.91 Å². The molecule has 1 aromatic heterocycles. The Morgan fingerprint density at radius 1 is 1.07 bits per heavy atom. The van der Waals surface area contributed by atoms with Crippen molar-refractivity contribution in [2.45, 2.75) is 20.4 Å². The number of hydrogen-bond donors (Lipinski definition) is 2. The lowest BCUT2D eigenvalue weighted by Crippen LogP contribution is -2.32. The number of nitrogens with one attached hydrogen (secondary N) is 2. The molecule has 2 N–H and O–H groups in total. The van der Waals surface area contributed by atoms with Crippen LogP contribution in [0.15, 0.2) is 61.2 Å². The summed E-state index contributed by atoms with van der Waals surface area (Å²) < 4.78 is 1.95. The number of aryl methyl sites for hydroxylation is 2. The molecule has 0 radical (unpaired) electrons. The topological polar surface area (TPSA) is 76.0 Å². The summed E-state index contributed by atoms with van der Waals surface area (Å²) in [6, 6.07) is 13.2. The molecule has 3 aromatic rings. The van der Waals surface area contributed by atoms with E-state index in [2.05, 4.69) is 15.6 Å². The van der Waals surface area contributed by atoms with Gasteiger partial charge in [0, 0.05) is 30.2 Å². The van der Waals surface area contributed by atoms with E-state index in [1.165, 1.54) is 0 Å². The van der Waals surface area contributed by atoms with E-state index in [4.69, 9.17) is 0 Å². The van der Waals surface area contributed by atoms with Gasteiger partial charge in [0.05, 0.1) is 12.9 Å². The van der Waals surface area contributed by atoms with Crippen LogP contribution in [0.5, 0.6) is 0 Å². The monoisotopic (exact) mass is 362 g/mol. The maximum Gasteiger partial charge on any atom is 0.251 e. The van der Waals surface area contributed by atoms with Crippen molar-refractivity contribution in [3.05, 3.63) is 83.4 Å². The third-order valence-electron chi connectivity index (χ3n) is 4.03. The van der Waals surface area contributed by atoms with E-state index < -0.39 is 0 Å². The fourth-order valence-electron chi connectivity index (χ4n) is 2.91. The second kappa shape index (κ2) is 8.31. The maximum atomic E-state index is 12.2. The number of hydrogen-bond acceptors (Lipinski definition) is 3. The number of anilines is 1. The molecule has 1 heterocycles. The first kappa shape index (κ1) is 18.4. The molecule has 6 heteroatoms. The van der Waals surface area contributed by atoms with E-state index in [1.54, 1.807) is 24.7 Å².